The molecule has 0 spiro atoms. The molecule has 0 saturated carbocycles. The highest BCUT2D eigenvalue weighted by molar-refractivity contribution is 7.80. The fourth-order valence-corrected chi connectivity index (χ4v) is 1.40. The van der Waals surface area contributed by atoms with E-state index < -0.39 is 0 Å². The highest BCUT2D eigenvalue weighted by Gasteiger charge is 2.09. The smallest absolute Gasteiger partial charge is 0.221 e. The predicted molar refractivity (Wildman–Crippen MR) is 69.4 cm³/mol. The number of nitrogens with zero attached hydrogens (tertiary/aromatic N) is 1. The van der Waals surface area contributed by atoms with Crippen LogP contribution < -0.4 is 22.5 Å². The summed E-state index contributed by atoms with van der Waals surface area (Å²) in [6, 6.07) is -0.0124. The first kappa shape index (κ1) is 15.0. The second-order valence-corrected chi connectivity index (χ2v) is 3.87. The molecule has 1 amide bonds. The van der Waals surface area contributed by atoms with Crippen molar-refractivity contribution in [3.8, 4) is 0 Å². The van der Waals surface area contributed by atoms with Crippen LogP contribution in [0.15, 0.2) is 4.99 Å². The van der Waals surface area contributed by atoms with Crippen LogP contribution in [0.3, 0.4) is 0 Å². The summed E-state index contributed by atoms with van der Waals surface area (Å²) in [5.74, 6) is 0.604. The van der Waals surface area contributed by atoms with E-state index in [1.54, 1.807) is 0 Å². The number of nitrogens with one attached hydrogen (secondary N) is 1. The van der Waals surface area contributed by atoms with Gasteiger partial charge in [-0.3, -0.25) is 9.79 Å². The molecule has 1 atom stereocenters. The van der Waals surface area contributed by atoms with Crippen LogP contribution >= 0.6 is 12.6 Å². The lowest BCUT2D eigenvalue weighted by molar-refractivity contribution is -0.121. The van der Waals surface area contributed by atoms with Gasteiger partial charge in [-0.05, 0) is 18.6 Å². The summed E-state index contributed by atoms with van der Waals surface area (Å²) in [6.07, 6.45) is 1.97. The predicted octanol–water partition coefficient (Wildman–Crippen LogP) is -1.20. The molecule has 6 nitrogen and oxygen atoms in total. The molecule has 7 heteroatoms. The lowest BCUT2D eigenvalue weighted by atomic mass is 10.1. The van der Waals surface area contributed by atoms with Crippen molar-refractivity contribution in [2.45, 2.75) is 25.3 Å². The molecule has 94 valence electrons. The summed E-state index contributed by atoms with van der Waals surface area (Å²) in [5, 5.41) is 2.83. The monoisotopic (exact) mass is 247 g/mol. The third-order valence-corrected chi connectivity index (χ3v) is 2.22. The Kier molecular flexibility index (Phi) is 8.74. The van der Waals surface area contributed by atoms with Crippen LogP contribution in [0.4, 0.5) is 0 Å². The standard InChI is InChI=1S/C9H21N5OS/c10-6-7(14-8(15)3-5-16)2-1-4-13-9(11)12/h7,16H,1-6,10H2,(H,14,15)(H4,11,12,13). The molecule has 0 heterocycles. The summed E-state index contributed by atoms with van der Waals surface area (Å²) < 4.78 is 0. The normalized spacial score (nSPS) is 11.9. The Morgan fingerprint density at radius 2 is 2.12 bits per heavy atom. The maximum absolute atomic E-state index is 11.3. The molecule has 16 heavy (non-hydrogen) atoms. The minimum absolute atomic E-state index is 0.0124. The van der Waals surface area contributed by atoms with Gasteiger partial charge >= 0.3 is 0 Å². The van der Waals surface area contributed by atoms with Crippen molar-refractivity contribution < 1.29 is 4.79 Å². The zero-order chi connectivity index (χ0) is 12.4. The Morgan fingerprint density at radius 1 is 1.44 bits per heavy atom. The third-order valence-electron chi connectivity index (χ3n) is 1.99. The van der Waals surface area contributed by atoms with E-state index in [2.05, 4.69) is 22.9 Å². The molecule has 0 rings (SSSR count). The van der Waals surface area contributed by atoms with Crippen molar-refractivity contribution >= 4 is 24.5 Å². The van der Waals surface area contributed by atoms with Crippen LogP contribution in [0.5, 0.6) is 0 Å². The molecule has 0 aliphatic heterocycles. The highest BCUT2D eigenvalue weighted by atomic mass is 32.1. The summed E-state index contributed by atoms with van der Waals surface area (Å²) in [7, 11) is 0. The Morgan fingerprint density at radius 3 is 2.62 bits per heavy atom. The van der Waals surface area contributed by atoms with Gasteiger partial charge in [0.05, 0.1) is 0 Å². The largest absolute Gasteiger partial charge is 0.370 e. The van der Waals surface area contributed by atoms with Gasteiger partial charge in [-0.2, -0.15) is 12.6 Å². The average molecular weight is 247 g/mol. The van der Waals surface area contributed by atoms with Gasteiger partial charge in [0.1, 0.15) is 0 Å². The maximum atomic E-state index is 11.3. The molecule has 1 unspecified atom stereocenters. The van der Waals surface area contributed by atoms with Crippen molar-refractivity contribution in [1.82, 2.24) is 5.32 Å². The van der Waals surface area contributed by atoms with Crippen LogP contribution in [0.25, 0.3) is 0 Å². The molecular formula is C9H21N5OS. The second-order valence-electron chi connectivity index (χ2n) is 3.42. The molecule has 0 aromatic carbocycles. The SMILES string of the molecule is NCC(CCCN=C(N)N)NC(=O)CCS. The molecular weight excluding hydrogens is 226 g/mol. The van der Waals surface area contributed by atoms with E-state index in [0.717, 1.165) is 12.8 Å². The van der Waals surface area contributed by atoms with Crippen molar-refractivity contribution in [2.75, 3.05) is 18.8 Å². The molecule has 7 N–H and O–H groups in total. The fourth-order valence-electron chi connectivity index (χ4n) is 1.20. The number of hydrogen-bond acceptors (Lipinski definition) is 4. The Balaban J connectivity index is 3.74. The van der Waals surface area contributed by atoms with Gasteiger partial charge in [-0.1, -0.05) is 0 Å². The second kappa shape index (κ2) is 9.29. The first-order chi connectivity index (χ1) is 7.60. The fraction of sp³-hybridized carbons (Fsp3) is 0.778. The number of rotatable bonds is 8. The molecule has 0 aromatic heterocycles. The quantitative estimate of drug-likeness (QED) is 0.160. The molecule has 0 aromatic rings. The topological polar surface area (TPSA) is 120 Å². The van der Waals surface area contributed by atoms with Crippen LogP contribution in [-0.4, -0.2) is 36.8 Å². The summed E-state index contributed by atoms with van der Waals surface area (Å²) in [5.41, 5.74) is 15.9. The Labute approximate surface area is 101 Å². The van der Waals surface area contributed by atoms with Gasteiger partial charge < -0.3 is 22.5 Å². The van der Waals surface area contributed by atoms with Crippen LogP contribution in [0.2, 0.25) is 0 Å². The van der Waals surface area contributed by atoms with Crippen molar-refractivity contribution in [3.63, 3.8) is 0 Å². The molecule has 0 radical (unpaired) electrons. The highest BCUT2D eigenvalue weighted by Crippen LogP contribution is 1.97. The van der Waals surface area contributed by atoms with Crippen LogP contribution in [0, 0.1) is 0 Å². The number of aliphatic imine (C=N–C) groups is 1. The van der Waals surface area contributed by atoms with Crippen molar-refractivity contribution in [2.24, 2.45) is 22.2 Å². The molecule has 0 bridgehead atoms. The van der Waals surface area contributed by atoms with E-state index in [1.807, 2.05) is 0 Å². The first-order valence-electron chi connectivity index (χ1n) is 5.25. The molecule has 0 saturated heterocycles. The third kappa shape index (κ3) is 8.37. The summed E-state index contributed by atoms with van der Waals surface area (Å²) in [6.45, 7) is 0.974. The van der Waals surface area contributed by atoms with Crippen molar-refractivity contribution in [1.29, 1.82) is 0 Å². The molecule has 0 fully saturated rings. The number of guanidine groups is 1. The zero-order valence-electron chi connectivity index (χ0n) is 9.35. The minimum atomic E-state index is -0.0210. The van der Waals surface area contributed by atoms with E-state index in [-0.39, 0.29) is 17.9 Å². The Hall–Kier alpha value is -0.950. The maximum Gasteiger partial charge on any atom is 0.221 e. The van der Waals surface area contributed by atoms with E-state index in [9.17, 15) is 4.79 Å². The van der Waals surface area contributed by atoms with Gasteiger partial charge in [-0.15, -0.1) is 0 Å². The number of hydrogen-bond donors (Lipinski definition) is 5. The number of carbonyl (C=O) groups excluding carboxylic acids is 1. The summed E-state index contributed by atoms with van der Waals surface area (Å²) >= 11 is 3.98. The van der Waals surface area contributed by atoms with Gasteiger partial charge in [0.15, 0.2) is 5.96 Å². The lowest BCUT2D eigenvalue weighted by Gasteiger charge is -2.15. The van der Waals surface area contributed by atoms with Gasteiger partial charge in [0.2, 0.25) is 5.91 Å². The lowest BCUT2D eigenvalue weighted by Crippen LogP contribution is -2.40. The first-order valence-corrected chi connectivity index (χ1v) is 5.89. The minimum Gasteiger partial charge on any atom is -0.370 e. The van der Waals surface area contributed by atoms with Gasteiger partial charge in [0, 0.05) is 25.6 Å². The number of nitrogens with two attached hydrogens (primary N) is 3. The van der Waals surface area contributed by atoms with Crippen LogP contribution in [-0.2, 0) is 4.79 Å². The molecule has 0 aliphatic rings. The van der Waals surface area contributed by atoms with Crippen LogP contribution in [0.1, 0.15) is 19.3 Å². The van der Waals surface area contributed by atoms with Gasteiger partial charge in [-0.25, -0.2) is 0 Å². The molecule has 0 aliphatic carbocycles. The van der Waals surface area contributed by atoms with E-state index >= 15 is 0 Å². The van der Waals surface area contributed by atoms with E-state index in [1.165, 1.54) is 0 Å². The van der Waals surface area contributed by atoms with E-state index in [0.29, 0.717) is 25.3 Å². The van der Waals surface area contributed by atoms with Crippen molar-refractivity contribution in [3.05, 3.63) is 0 Å². The average Bonchev–Trinajstić information content (AvgIpc) is 2.22. The number of amides is 1. The van der Waals surface area contributed by atoms with Gasteiger partial charge in [0.25, 0.3) is 0 Å². The summed E-state index contributed by atoms with van der Waals surface area (Å²) in [4.78, 5) is 15.1. The van der Waals surface area contributed by atoms with E-state index in [4.69, 9.17) is 17.2 Å². The number of thiol groups is 1. The number of carbonyl (C=O) groups is 1. The Bertz CT molecular complexity index is 230. The zero-order valence-corrected chi connectivity index (χ0v) is 10.2.